The summed E-state index contributed by atoms with van der Waals surface area (Å²) in [6.45, 7) is 1.71. The van der Waals surface area contributed by atoms with E-state index in [0.29, 0.717) is 16.8 Å². The molecule has 0 aliphatic carbocycles. The van der Waals surface area contributed by atoms with Gasteiger partial charge in [0.25, 0.3) is 11.5 Å². The summed E-state index contributed by atoms with van der Waals surface area (Å²) in [4.78, 5) is 38.4. The van der Waals surface area contributed by atoms with Crippen LogP contribution in [-0.2, 0) is 0 Å². The van der Waals surface area contributed by atoms with Crippen LogP contribution in [0.15, 0.2) is 53.3 Å². The third-order valence-corrected chi connectivity index (χ3v) is 3.78. The number of carbonyl (C=O) groups is 2. The zero-order valence-corrected chi connectivity index (χ0v) is 12.8. The molecule has 0 aliphatic heterocycles. The molecule has 120 valence electrons. The molecule has 1 heterocycles. The number of hydrogen-bond acceptors (Lipinski definition) is 3. The number of hydrogen-bond donors (Lipinski definition) is 3. The first-order valence-electron chi connectivity index (χ1n) is 7.23. The third-order valence-electron chi connectivity index (χ3n) is 3.78. The minimum Gasteiger partial charge on any atom is -0.478 e. The SMILES string of the molecule is Cc1c(C(=O)Nc2cccc(C(=O)O)c2)c(=O)[nH]c2ccccc12. The number of nitrogens with one attached hydrogen (secondary N) is 2. The number of anilines is 1. The molecule has 0 atom stereocenters. The quantitative estimate of drug-likeness (QED) is 0.690. The highest BCUT2D eigenvalue weighted by Crippen LogP contribution is 2.18. The van der Waals surface area contributed by atoms with Crippen molar-refractivity contribution in [1.29, 1.82) is 0 Å². The van der Waals surface area contributed by atoms with Crippen molar-refractivity contribution in [3.8, 4) is 0 Å². The van der Waals surface area contributed by atoms with Crippen LogP contribution in [0, 0.1) is 6.92 Å². The molecule has 0 radical (unpaired) electrons. The summed E-state index contributed by atoms with van der Waals surface area (Å²) < 4.78 is 0. The lowest BCUT2D eigenvalue weighted by Gasteiger charge is -2.10. The average Bonchev–Trinajstić information content (AvgIpc) is 2.55. The highest BCUT2D eigenvalue weighted by atomic mass is 16.4. The first-order valence-corrected chi connectivity index (χ1v) is 7.23. The largest absolute Gasteiger partial charge is 0.478 e. The summed E-state index contributed by atoms with van der Waals surface area (Å²) in [6, 6.07) is 13.1. The summed E-state index contributed by atoms with van der Waals surface area (Å²) in [7, 11) is 0. The number of aryl methyl sites for hydroxylation is 1. The van der Waals surface area contributed by atoms with Gasteiger partial charge in [-0.3, -0.25) is 9.59 Å². The topological polar surface area (TPSA) is 99.3 Å². The molecule has 1 amide bonds. The number of aromatic amines is 1. The summed E-state index contributed by atoms with van der Waals surface area (Å²) in [5.74, 6) is -1.67. The Hall–Kier alpha value is -3.41. The summed E-state index contributed by atoms with van der Waals surface area (Å²) in [6.07, 6.45) is 0. The number of pyridine rings is 1. The lowest BCUT2D eigenvalue weighted by molar-refractivity contribution is 0.0696. The Labute approximate surface area is 136 Å². The molecule has 0 unspecified atom stereocenters. The van der Waals surface area contributed by atoms with Crippen LogP contribution in [0.2, 0.25) is 0 Å². The molecule has 0 aliphatic rings. The first kappa shape index (κ1) is 15.5. The molecule has 0 saturated carbocycles. The van der Waals surface area contributed by atoms with Crippen molar-refractivity contribution in [2.24, 2.45) is 0 Å². The normalized spacial score (nSPS) is 10.5. The van der Waals surface area contributed by atoms with E-state index < -0.39 is 17.4 Å². The van der Waals surface area contributed by atoms with E-state index in [1.54, 1.807) is 25.1 Å². The van der Waals surface area contributed by atoms with E-state index in [1.807, 2.05) is 12.1 Å². The van der Waals surface area contributed by atoms with E-state index in [0.717, 1.165) is 5.39 Å². The van der Waals surface area contributed by atoms with Crippen molar-refractivity contribution in [1.82, 2.24) is 4.98 Å². The zero-order chi connectivity index (χ0) is 17.3. The van der Waals surface area contributed by atoms with Gasteiger partial charge in [0.2, 0.25) is 0 Å². The molecule has 24 heavy (non-hydrogen) atoms. The van der Waals surface area contributed by atoms with Gasteiger partial charge in [-0.25, -0.2) is 4.79 Å². The van der Waals surface area contributed by atoms with E-state index >= 15 is 0 Å². The molecule has 6 heteroatoms. The predicted octanol–water partition coefficient (Wildman–Crippen LogP) is 2.79. The second-order valence-corrected chi connectivity index (χ2v) is 5.34. The van der Waals surface area contributed by atoms with Crippen LogP contribution in [0.1, 0.15) is 26.3 Å². The molecule has 3 aromatic rings. The number of aromatic nitrogens is 1. The Balaban J connectivity index is 2.02. The van der Waals surface area contributed by atoms with Crippen LogP contribution >= 0.6 is 0 Å². The molecule has 3 rings (SSSR count). The molecule has 1 aromatic heterocycles. The Morgan fingerprint density at radius 2 is 1.83 bits per heavy atom. The standard InChI is InChI=1S/C18H14N2O4/c1-10-13-7-2-3-8-14(13)20-17(22)15(10)16(21)19-12-6-4-5-11(9-12)18(23)24/h2-9H,1H3,(H,19,21)(H,20,22)(H,23,24). The highest BCUT2D eigenvalue weighted by Gasteiger charge is 2.17. The minimum atomic E-state index is -1.09. The zero-order valence-electron chi connectivity index (χ0n) is 12.8. The smallest absolute Gasteiger partial charge is 0.335 e. The molecular formula is C18H14N2O4. The molecular weight excluding hydrogens is 308 g/mol. The number of carboxylic acid groups (broad SMARTS) is 1. The van der Waals surface area contributed by atoms with Crippen LogP contribution in [0.4, 0.5) is 5.69 Å². The fourth-order valence-corrected chi connectivity index (χ4v) is 2.61. The Kier molecular flexibility index (Phi) is 3.87. The van der Waals surface area contributed by atoms with Crippen LogP contribution < -0.4 is 10.9 Å². The van der Waals surface area contributed by atoms with Gasteiger partial charge in [-0.15, -0.1) is 0 Å². The maximum atomic E-state index is 12.5. The number of para-hydroxylation sites is 1. The summed E-state index contributed by atoms with van der Waals surface area (Å²) in [5.41, 5.74) is 1.11. The van der Waals surface area contributed by atoms with E-state index in [-0.39, 0.29) is 11.1 Å². The average molecular weight is 322 g/mol. The van der Waals surface area contributed by atoms with E-state index in [9.17, 15) is 14.4 Å². The van der Waals surface area contributed by atoms with Gasteiger partial charge in [0.15, 0.2) is 0 Å². The number of benzene rings is 2. The monoisotopic (exact) mass is 322 g/mol. The van der Waals surface area contributed by atoms with Crippen molar-refractivity contribution < 1.29 is 14.7 Å². The van der Waals surface area contributed by atoms with E-state index in [2.05, 4.69) is 10.3 Å². The minimum absolute atomic E-state index is 0.00873. The van der Waals surface area contributed by atoms with Gasteiger partial charge in [-0.05, 0) is 36.8 Å². The molecule has 3 N–H and O–H groups in total. The lowest BCUT2D eigenvalue weighted by atomic mass is 10.0. The van der Waals surface area contributed by atoms with Gasteiger partial charge in [-0.1, -0.05) is 24.3 Å². The fraction of sp³-hybridized carbons (Fsp3) is 0.0556. The number of fused-ring (bicyclic) bond motifs is 1. The molecule has 0 fully saturated rings. The van der Waals surface area contributed by atoms with E-state index in [4.69, 9.17) is 5.11 Å². The number of H-pyrrole nitrogens is 1. The van der Waals surface area contributed by atoms with Crippen LogP contribution in [-0.4, -0.2) is 22.0 Å². The number of rotatable bonds is 3. The van der Waals surface area contributed by atoms with Gasteiger partial charge in [0.05, 0.1) is 5.56 Å². The molecule has 2 aromatic carbocycles. The van der Waals surface area contributed by atoms with Gasteiger partial charge >= 0.3 is 5.97 Å². The highest BCUT2D eigenvalue weighted by molar-refractivity contribution is 6.07. The second kappa shape index (κ2) is 6.00. The number of amides is 1. The molecule has 0 bridgehead atoms. The number of carboxylic acids is 1. The fourth-order valence-electron chi connectivity index (χ4n) is 2.61. The van der Waals surface area contributed by atoms with E-state index in [1.165, 1.54) is 18.2 Å². The van der Waals surface area contributed by atoms with Crippen molar-refractivity contribution in [2.75, 3.05) is 5.32 Å². The number of carbonyl (C=O) groups excluding carboxylic acids is 1. The maximum Gasteiger partial charge on any atom is 0.335 e. The Morgan fingerprint density at radius 3 is 2.58 bits per heavy atom. The van der Waals surface area contributed by atoms with Crippen molar-refractivity contribution >= 4 is 28.5 Å². The maximum absolute atomic E-state index is 12.5. The molecule has 0 spiro atoms. The first-order chi connectivity index (χ1) is 11.5. The van der Waals surface area contributed by atoms with Gasteiger partial charge < -0.3 is 15.4 Å². The lowest BCUT2D eigenvalue weighted by Crippen LogP contribution is -2.25. The summed E-state index contributed by atoms with van der Waals surface area (Å²) in [5, 5.41) is 12.4. The van der Waals surface area contributed by atoms with Crippen LogP contribution in [0.3, 0.4) is 0 Å². The number of aromatic carboxylic acids is 1. The van der Waals surface area contributed by atoms with Gasteiger partial charge in [0.1, 0.15) is 5.56 Å². The van der Waals surface area contributed by atoms with Crippen molar-refractivity contribution in [3.63, 3.8) is 0 Å². The van der Waals surface area contributed by atoms with Crippen LogP contribution in [0.25, 0.3) is 10.9 Å². The van der Waals surface area contributed by atoms with Crippen molar-refractivity contribution in [2.45, 2.75) is 6.92 Å². The van der Waals surface area contributed by atoms with Gasteiger partial charge in [0, 0.05) is 16.6 Å². The predicted molar refractivity (Wildman–Crippen MR) is 90.7 cm³/mol. The van der Waals surface area contributed by atoms with Crippen molar-refractivity contribution in [3.05, 3.63) is 75.6 Å². The third kappa shape index (κ3) is 2.77. The molecule has 6 nitrogen and oxygen atoms in total. The van der Waals surface area contributed by atoms with Crippen LogP contribution in [0.5, 0.6) is 0 Å². The second-order valence-electron chi connectivity index (χ2n) is 5.34. The Bertz CT molecular complexity index is 1020. The Morgan fingerprint density at radius 1 is 1.08 bits per heavy atom. The summed E-state index contributed by atoms with van der Waals surface area (Å²) >= 11 is 0. The van der Waals surface area contributed by atoms with Gasteiger partial charge in [-0.2, -0.15) is 0 Å². The molecule has 0 saturated heterocycles.